The Kier molecular flexibility index (Phi) is 4.91. The lowest BCUT2D eigenvalue weighted by atomic mass is 9.96. The van der Waals surface area contributed by atoms with Crippen LogP contribution in [-0.2, 0) is 6.42 Å². The van der Waals surface area contributed by atoms with Crippen LogP contribution in [0.4, 0.5) is 4.39 Å². The lowest BCUT2D eigenvalue weighted by Crippen LogP contribution is -2.02. The molecule has 1 N–H and O–H groups in total. The number of unbranched alkanes of at least 4 members (excludes halogenated alkanes) is 1. The molecule has 0 saturated carbocycles. The van der Waals surface area contributed by atoms with Crippen molar-refractivity contribution in [3.63, 3.8) is 0 Å². The molecule has 1 atom stereocenters. The zero-order valence-corrected chi connectivity index (χ0v) is 12.1. The number of hydrogen-bond acceptors (Lipinski definition) is 1. The van der Waals surface area contributed by atoms with Gasteiger partial charge in [-0.2, -0.15) is 0 Å². The van der Waals surface area contributed by atoms with Crippen LogP contribution in [0.5, 0.6) is 0 Å². The predicted molar refractivity (Wildman–Crippen MR) is 80.3 cm³/mol. The molecule has 2 aromatic carbocycles. The van der Waals surface area contributed by atoms with Crippen LogP contribution in [0.1, 0.15) is 48.1 Å². The smallest absolute Gasteiger partial charge is 0.123 e. The van der Waals surface area contributed by atoms with E-state index in [1.165, 1.54) is 30.5 Å². The molecule has 0 heterocycles. The molecule has 0 aliphatic rings. The molecule has 2 heteroatoms. The average molecular weight is 272 g/mol. The molecule has 2 aromatic rings. The summed E-state index contributed by atoms with van der Waals surface area (Å²) in [5.74, 6) is -0.270. The highest BCUT2D eigenvalue weighted by Crippen LogP contribution is 2.25. The first-order valence-corrected chi connectivity index (χ1v) is 7.14. The fourth-order valence-electron chi connectivity index (χ4n) is 2.37. The van der Waals surface area contributed by atoms with Crippen molar-refractivity contribution in [1.82, 2.24) is 0 Å². The first kappa shape index (κ1) is 14.7. The second-order valence-electron chi connectivity index (χ2n) is 5.25. The van der Waals surface area contributed by atoms with Crippen molar-refractivity contribution in [3.05, 3.63) is 70.5 Å². The normalized spacial score (nSPS) is 12.4. The number of aliphatic hydroxyl groups excluding tert-OH is 1. The molecule has 0 saturated heterocycles. The van der Waals surface area contributed by atoms with E-state index in [1.54, 1.807) is 6.07 Å². The standard InChI is InChI=1S/C18H21FO/c1-3-4-5-14-6-8-15(9-7-14)18(20)17-11-10-16(19)12-13(17)2/h6-12,18,20H,3-5H2,1-2H3. The second-order valence-corrected chi connectivity index (χ2v) is 5.25. The van der Waals surface area contributed by atoms with Crippen molar-refractivity contribution in [3.8, 4) is 0 Å². The van der Waals surface area contributed by atoms with E-state index < -0.39 is 6.10 Å². The highest BCUT2D eigenvalue weighted by Gasteiger charge is 2.13. The highest BCUT2D eigenvalue weighted by molar-refractivity contribution is 5.36. The van der Waals surface area contributed by atoms with Crippen LogP contribution in [0, 0.1) is 12.7 Å². The van der Waals surface area contributed by atoms with Gasteiger partial charge in [0.25, 0.3) is 0 Å². The lowest BCUT2D eigenvalue weighted by molar-refractivity contribution is 0.219. The molecule has 2 rings (SSSR count). The molecule has 0 radical (unpaired) electrons. The highest BCUT2D eigenvalue weighted by atomic mass is 19.1. The number of aryl methyl sites for hydroxylation is 2. The molecule has 0 spiro atoms. The first-order valence-electron chi connectivity index (χ1n) is 7.14. The SMILES string of the molecule is CCCCc1ccc(C(O)c2ccc(F)cc2C)cc1. The number of hydrogen-bond donors (Lipinski definition) is 1. The van der Waals surface area contributed by atoms with E-state index in [0.717, 1.165) is 23.1 Å². The lowest BCUT2D eigenvalue weighted by Gasteiger charge is -2.14. The molecule has 0 bridgehead atoms. The maximum Gasteiger partial charge on any atom is 0.123 e. The third-order valence-electron chi connectivity index (χ3n) is 3.64. The molecule has 0 amide bonds. The summed E-state index contributed by atoms with van der Waals surface area (Å²) in [6, 6.07) is 12.5. The van der Waals surface area contributed by atoms with Crippen molar-refractivity contribution in [2.75, 3.05) is 0 Å². The predicted octanol–water partition coefficient (Wildman–Crippen LogP) is 4.56. The molecular formula is C18H21FO. The van der Waals surface area contributed by atoms with E-state index >= 15 is 0 Å². The van der Waals surface area contributed by atoms with Gasteiger partial charge in [-0.15, -0.1) is 0 Å². The Morgan fingerprint density at radius 3 is 2.40 bits per heavy atom. The van der Waals surface area contributed by atoms with Gasteiger partial charge in [0.1, 0.15) is 11.9 Å². The van der Waals surface area contributed by atoms with E-state index in [1.807, 2.05) is 19.1 Å². The van der Waals surface area contributed by atoms with Crippen molar-refractivity contribution >= 4 is 0 Å². The van der Waals surface area contributed by atoms with Gasteiger partial charge in [0.15, 0.2) is 0 Å². The zero-order valence-electron chi connectivity index (χ0n) is 12.1. The minimum absolute atomic E-state index is 0.270. The third kappa shape index (κ3) is 3.45. The van der Waals surface area contributed by atoms with Crippen LogP contribution in [0.15, 0.2) is 42.5 Å². The van der Waals surface area contributed by atoms with Crippen LogP contribution < -0.4 is 0 Å². The molecule has 0 aliphatic heterocycles. The quantitative estimate of drug-likeness (QED) is 0.846. The Morgan fingerprint density at radius 2 is 1.80 bits per heavy atom. The van der Waals surface area contributed by atoms with Gasteiger partial charge >= 0.3 is 0 Å². The maximum absolute atomic E-state index is 13.1. The fraction of sp³-hybridized carbons (Fsp3) is 0.333. The number of rotatable bonds is 5. The van der Waals surface area contributed by atoms with Crippen LogP contribution in [0.3, 0.4) is 0 Å². The third-order valence-corrected chi connectivity index (χ3v) is 3.64. The summed E-state index contributed by atoms with van der Waals surface area (Å²) < 4.78 is 13.1. The van der Waals surface area contributed by atoms with Gasteiger partial charge in [-0.25, -0.2) is 4.39 Å². The summed E-state index contributed by atoms with van der Waals surface area (Å²) in [6.07, 6.45) is 2.73. The van der Waals surface area contributed by atoms with Crippen LogP contribution >= 0.6 is 0 Å². The molecule has 0 aliphatic carbocycles. The zero-order chi connectivity index (χ0) is 14.5. The summed E-state index contributed by atoms with van der Waals surface area (Å²) in [5.41, 5.74) is 3.67. The summed E-state index contributed by atoms with van der Waals surface area (Å²) in [4.78, 5) is 0. The Bertz CT molecular complexity index is 560. The summed E-state index contributed by atoms with van der Waals surface area (Å²) >= 11 is 0. The van der Waals surface area contributed by atoms with Gasteiger partial charge in [-0.3, -0.25) is 0 Å². The molecule has 1 unspecified atom stereocenters. The van der Waals surface area contributed by atoms with Crippen molar-refractivity contribution in [1.29, 1.82) is 0 Å². The van der Waals surface area contributed by atoms with Crippen LogP contribution in [-0.4, -0.2) is 5.11 Å². The largest absolute Gasteiger partial charge is 0.384 e. The van der Waals surface area contributed by atoms with Gasteiger partial charge in [-0.1, -0.05) is 43.7 Å². The van der Waals surface area contributed by atoms with E-state index in [2.05, 4.69) is 19.1 Å². The number of aliphatic hydroxyl groups is 1. The minimum atomic E-state index is -0.698. The van der Waals surface area contributed by atoms with E-state index in [0.29, 0.717) is 0 Å². The second kappa shape index (κ2) is 6.67. The van der Waals surface area contributed by atoms with E-state index in [9.17, 15) is 9.50 Å². The molecule has 106 valence electrons. The van der Waals surface area contributed by atoms with Gasteiger partial charge < -0.3 is 5.11 Å². The Balaban J connectivity index is 2.18. The van der Waals surface area contributed by atoms with Gasteiger partial charge in [0.2, 0.25) is 0 Å². The van der Waals surface area contributed by atoms with Gasteiger partial charge in [-0.05, 0) is 54.2 Å². The summed E-state index contributed by atoms with van der Waals surface area (Å²) in [6.45, 7) is 3.99. The molecule has 0 aromatic heterocycles. The molecule has 0 fully saturated rings. The Hall–Kier alpha value is -1.67. The summed E-state index contributed by atoms with van der Waals surface area (Å²) in [7, 11) is 0. The van der Waals surface area contributed by atoms with Crippen LogP contribution in [0.25, 0.3) is 0 Å². The van der Waals surface area contributed by atoms with Crippen molar-refractivity contribution < 1.29 is 9.50 Å². The van der Waals surface area contributed by atoms with E-state index in [-0.39, 0.29) is 5.82 Å². The monoisotopic (exact) mass is 272 g/mol. The number of benzene rings is 2. The molecule has 1 nitrogen and oxygen atoms in total. The van der Waals surface area contributed by atoms with Crippen molar-refractivity contribution in [2.24, 2.45) is 0 Å². The first-order chi connectivity index (χ1) is 9.61. The number of halogens is 1. The Morgan fingerprint density at radius 1 is 1.10 bits per heavy atom. The van der Waals surface area contributed by atoms with E-state index in [4.69, 9.17) is 0 Å². The molecule has 20 heavy (non-hydrogen) atoms. The fourth-order valence-corrected chi connectivity index (χ4v) is 2.37. The van der Waals surface area contributed by atoms with Gasteiger partial charge in [0, 0.05) is 0 Å². The van der Waals surface area contributed by atoms with Crippen molar-refractivity contribution in [2.45, 2.75) is 39.2 Å². The van der Waals surface area contributed by atoms with Gasteiger partial charge in [0.05, 0.1) is 0 Å². The van der Waals surface area contributed by atoms with Crippen LogP contribution in [0.2, 0.25) is 0 Å². The minimum Gasteiger partial charge on any atom is -0.384 e. The Labute approximate surface area is 120 Å². The topological polar surface area (TPSA) is 20.2 Å². The molecular weight excluding hydrogens is 251 g/mol. The maximum atomic E-state index is 13.1. The average Bonchev–Trinajstić information content (AvgIpc) is 2.45. The summed E-state index contributed by atoms with van der Waals surface area (Å²) in [5, 5.41) is 10.4.